The molecular weight excluding hydrogens is 446 g/mol. The Bertz CT molecular complexity index is 935. The fourth-order valence-corrected chi connectivity index (χ4v) is 4.58. The van der Waals surface area contributed by atoms with Crippen molar-refractivity contribution in [3.05, 3.63) is 63.0 Å². The van der Waals surface area contributed by atoms with Crippen LogP contribution in [0.5, 0.6) is 0 Å². The van der Waals surface area contributed by atoms with Gasteiger partial charge in [0.25, 0.3) is 0 Å². The minimum Gasteiger partial charge on any atom is -0.356 e. The lowest BCUT2D eigenvalue weighted by atomic mass is 10.3. The maximum atomic E-state index is 12.5. The predicted octanol–water partition coefficient (Wildman–Crippen LogP) is 4.35. The Morgan fingerprint density at radius 2 is 2.00 bits per heavy atom. The standard InChI is InChI=1S/C19H18BrN3O2S2/c1-13(24)21-9-8-16-6-7-18(27-16)17(25)12-26-19-22-10-11-23(19)15-4-2-14(20)3-5-15/h2-7,10-11H,8-9,12H2,1H3,(H,21,24). The molecule has 140 valence electrons. The van der Waals surface area contributed by atoms with Crippen LogP contribution in [0.3, 0.4) is 0 Å². The van der Waals surface area contributed by atoms with E-state index in [1.165, 1.54) is 30.0 Å². The van der Waals surface area contributed by atoms with Crippen LogP contribution in [0.25, 0.3) is 5.69 Å². The normalized spacial score (nSPS) is 10.7. The SMILES string of the molecule is CC(=O)NCCc1ccc(C(=O)CSc2nccn2-c2ccc(Br)cc2)s1. The molecule has 3 rings (SSSR count). The number of nitrogens with one attached hydrogen (secondary N) is 1. The van der Waals surface area contributed by atoms with E-state index < -0.39 is 0 Å². The number of hydrogen-bond acceptors (Lipinski definition) is 5. The molecule has 0 saturated carbocycles. The van der Waals surface area contributed by atoms with Crippen LogP contribution in [0.2, 0.25) is 0 Å². The number of carbonyl (C=O) groups is 2. The second-order valence-corrected chi connectivity index (χ2v) is 8.79. The van der Waals surface area contributed by atoms with Gasteiger partial charge in [0.1, 0.15) is 0 Å². The van der Waals surface area contributed by atoms with Crippen LogP contribution in [0, 0.1) is 0 Å². The summed E-state index contributed by atoms with van der Waals surface area (Å²) < 4.78 is 2.99. The van der Waals surface area contributed by atoms with Crippen LogP contribution in [0.15, 0.2) is 58.4 Å². The molecule has 0 bridgehead atoms. The van der Waals surface area contributed by atoms with E-state index in [0.29, 0.717) is 12.3 Å². The first-order chi connectivity index (χ1) is 13.0. The van der Waals surface area contributed by atoms with Gasteiger partial charge in [-0.15, -0.1) is 11.3 Å². The molecule has 8 heteroatoms. The number of ketones is 1. The van der Waals surface area contributed by atoms with Crippen LogP contribution < -0.4 is 5.32 Å². The van der Waals surface area contributed by atoms with Crippen LogP contribution >= 0.6 is 39.0 Å². The third-order valence-electron chi connectivity index (χ3n) is 3.73. The van der Waals surface area contributed by atoms with E-state index >= 15 is 0 Å². The lowest BCUT2D eigenvalue weighted by Gasteiger charge is -2.07. The second kappa shape index (κ2) is 9.34. The summed E-state index contributed by atoms with van der Waals surface area (Å²) >= 11 is 6.35. The monoisotopic (exact) mass is 463 g/mol. The first-order valence-corrected chi connectivity index (χ1v) is 10.9. The number of rotatable bonds is 8. The van der Waals surface area contributed by atoms with Crippen molar-refractivity contribution in [2.45, 2.75) is 18.5 Å². The van der Waals surface area contributed by atoms with Crippen LogP contribution in [0.4, 0.5) is 0 Å². The zero-order valence-corrected chi connectivity index (χ0v) is 17.9. The van der Waals surface area contributed by atoms with Crippen molar-refractivity contribution in [3.8, 4) is 5.69 Å². The molecule has 2 heterocycles. The molecule has 1 amide bonds. The highest BCUT2D eigenvalue weighted by Gasteiger charge is 2.13. The summed E-state index contributed by atoms with van der Waals surface area (Å²) in [4.78, 5) is 29.6. The number of hydrogen-bond donors (Lipinski definition) is 1. The number of amides is 1. The minimum absolute atomic E-state index is 0.0412. The Morgan fingerprint density at radius 1 is 1.22 bits per heavy atom. The second-order valence-electron chi connectivity index (χ2n) is 5.77. The Hall–Kier alpha value is -1.90. The summed E-state index contributed by atoms with van der Waals surface area (Å²) in [6.45, 7) is 2.08. The molecule has 0 aliphatic rings. The zero-order valence-electron chi connectivity index (χ0n) is 14.6. The van der Waals surface area contributed by atoms with Crippen molar-refractivity contribution in [2.75, 3.05) is 12.3 Å². The van der Waals surface area contributed by atoms with Crippen molar-refractivity contribution in [3.63, 3.8) is 0 Å². The summed E-state index contributed by atoms with van der Waals surface area (Å²) in [7, 11) is 0. The average molecular weight is 464 g/mol. The topological polar surface area (TPSA) is 64.0 Å². The smallest absolute Gasteiger partial charge is 0.216 e. The molecule has 3 aromatic rings. The van der Waals surface area contributed by atoms with Crippen LogP contribution in [0.1, 0.15) is 21.5 Å². The van der Waals surface area contributed by atoms with Gasteiger partial charge in [-0.1, -0.05) is 27.7 Å². The van der Waals surface area contributed by atoms with Gasteiger partial charge in [-0.3, -0.25) is 14.2 Å². The molecule has 5 nitrogen and oxygen atoms in total. The summed E-state index contributed by atoms with van der Waals surface area (Å²) in [6, 6.07) is 11.8. The highest BCUT2D eigenvalue weighted by molar-refractivity contribution is 9.10. The van der Waals surface area contributed by atoms with Crippen molar-refractivity contribution in [1.82, 2.24) is 14.9 Å². The Labute approximate surface area is 174 Å². The van der Waals surface area contributed by atoms with E-state index in [2.05, 4.69) is 26.2 Å². The number of thiophene rings is 1. The van der Waals surface area contributed by atoms with Gasteiger partial charge in [0.2, 0.25) is 5.91 Å². The highest BCUT2D eigenvalue weighted by atomic mass is 79.9. The van der Waals surface area contributed by atoms with Gasteiger partial charge in [-0.05, 0) is 42.8 Å². The molecule has 1 aromatic carbocycles. The fourth-order valence-electron chi connectivity index (χ4n) is 2.42. The maximum absolute atomic E-state index is 12.5. The van der Waals surface area contributed by atoms with Gasteiger partial charge in [-0.2, -0.15) is 0 Å². The zero-order chi connectivity index (χ0) is 19.2. The lowest BCUT2D eigenvalue weighted by molar-refractivity contribution is -0.118. The fraction of sp³-hybridized carbons (Fsp3) is 0.211. The van der Waals surface area contributed by atoms with E-state index in [4.69, 9.17) is 0 Å². The molecule has 0 saturated heterocycles. The number of thioether (sulfide) groups is 1. The third kappa shape index (κ3) is 5.54. The molecule has 0 fully saturated rings. The van der Waals surface area contributed by atoms with Crippen molar-refractivity contribution >= 4 is 50.7 Å². The van der Waals surface area contributed by atoms with E-state index in [-0.39, 0.29) is 11.7 Å². The number of nitrogens with zero attached hydrogens (tertiary/aromatic N) is 2. The maximum Gasteiger partial charge on any atom is 0.216 e. The summed E-state index contributed by atoms with van der Waals surface area (Å²) in [5.41, 5.74) is 1.00. The Kier molecular flexibility index (Phi) is 6.87. The predicted molar refractivity (Wildman–Crippen MR) is 113 cm³/mol. The lowest BCUT2D eigenvalue weighted by Crippen LogP contribution is -2.22. The third-order valence-corrected chi connectivity index (χ3v) is 6.41. The molecule has 27 heavy (non-hydrogen) atoms. The number of benzene rings is 1. The van der Waals surface area contributed by atoms with Gasteiger partial charge in [0.15, 0.2) is 10.9 Å². The molecule has 0 atom stereocenters. The molecule has 1 N–H and O–H groups in total. The molecule has 0 unspecified atom stereocenters. The number of Topliss-reactive ketones (excluding diaryl/α,β-unsaturated/α-hetero) is 1. The van der Waals surface area contributed by atoms with E-state index in [9.17, 15) is 9.59 Å². The molecule has 0 aliphatic carbocycles. The summed E-state index contributed by atoms with van der Waals surface area (Å²) in [5, 5.41) is 3.55. The van der Waals surface area contributed by atoms with Gasteiger partial charge in [-0.25, -0.2) is 4.98 Å². The average Bonchev–Trinajstić information content (AvgIpc) is 3.29. The first kappa shape index (κ1) is 19.9. The van der Waals surface area contributed by atoms with Crippen LogP contribution in [-0.2, 0) is 11.2 Å². The molecule has 0 radical (unpaired) electrons. The molecule has 0 spiro atoms. The highest BCUT2D eigenvalue weighted by Crippen LogP contribution is 2.24. The molecule has 0 aliphatic heterocycles. The van der Waals surface area contributed by atoms with E-state index in [1.807, 2.05) is 47.2 Å². The summed E-state index contributed by atoms with van der Waals surface area (Å²) in [6.07, 6.45) is 4.36. The number of aromatic nitrogens is 2. The quantitative estimate of drug-likeness (QED) is 0.398. The Balaban J connectivity index is 1.59. The first-order valence-electron chi connectivity index (χ1n) is 8.31. The number of halogens is 1. The van der Waals surface area contributed by atoms with Crippen molar-refractivity contribution in [2.24, 2.45) is 0 Å². The van der Waals surface area contributed by atoms with E-state index in [1.54, 1.807) is 6.20 Å². The minimum atomic E-state index is -0.0412. The summed E-state index contributed by atoms with van der Waals surface area (Å²) in [5.74, 6) is 0.376. The van der Waals surface area contributed by atoms with Gasteiger partial charge >= 0.3 is 0 Å². The van der Waals surface area contributed by atoms with Crippen molar-refractivity contribution in [1.29, 1.82) is 0 Å². The molecular formula is C19H18BrN3O2S2. The van der Waals surface area contributed by atoms with E-state index in [0.717, 1.165) is 31.5 Å². The van der Waals surface area contributed by atoms with Crippen molar-refractivity contribution < 1.29 is 9.59 Å². The number of carbonyl (C=O) groups excluding carboxylic acids is 2. The van der Waals surface area contributed by atoms with Gasteiger partial charge in [0.05, 0.1) is 10.6 Å². The molecule has 2 aromatic heterocycles. The largest absolute Gasteiger partial charge is 0.356 e. The van der Waals surface area contributed by atoms with Gasteiger partial charge < -0.3 is 5.32 Å². The number of imidazole rings is 1. The van der Waals surface area contributed by atoms with Crippen LogP contribution in [-0.4, -0.2) is 33.5 Å². The van der Waals surface area contributed by atoms with Gasteiger partial charge in [0, 0.05) is 40.9 Å². The Morgan fingerprint density at radius 3 is 2.74 bits per heavy atom.